The highest BCUT2D eigenvalue weighted by Gasteiger charge is 2.31. The Morgan fingerprint density at radius 2 is 1.93 bits per heavy atom. The predicted molar refractivity (Wildman–Crippen MR) is 58.8 cm³/mol. The molecule has 1 saturated heterocycles. The summed E-state index contributed by atoms with van der Waals surface area (Å²) in [5.74, 6) is 0.217. The number of rotatable bonds is 3. The quantitative estimate of drug-likeness (QED) is 0.545. The summed E-state index contributed by atoms with van der Waals surface area (Å²) < 4.78 is 4.93. The molecule has 0 radical (unpaired) electrons. The molecule has 2 rings (SSSR count). The molecule has 2 aliphatic rings. The van der Waals surface area contributed by atoms with Crippen LogP contribution in [0.25, 0.3) is 0 Å². The lowest BCUT2D eigenvalue weighted by molar-refractivity contribution is -0.137. The van der Waals surface area contributed by atoms with E-state index < -0.39 is 0 Å². The van der Waals surface area contributed by atoms with E-state index in [1.54, 1.807) is 11.8 Å². The van der Waals surface area contributed by atoms with Crippen molar-refractivity contribution < 1.29 is 14.3 Å². The third kappa shape index (κ3) is 2.74. The smallest absolute Gasteiger partial charge is 0.319 e. The van der Waals surface area contributed by atoms with Crippen LogP contribution in [0.15, 0.2) is 0 Å². The topological polar surface area (TPSA) is 43.4 Å². The molecule has 0 aromatic heterocycles. The van der Waals surface area contributed by atoms with E-state index in [4.69, 9.17) is 4.74 Å². The van der Waals surface area contributed by atoms with Crippen LogP contribution < -0.4 is 0 Å². The van der Waals surface area contributed by atoms with Gasteiger partial charge in [-0.3, -0.25) is 4.79 Å². The van der Waals surface area contributed by atoms with Gasteiger partial charge in [-0.1, -0.05) is 0 Å². The van der Waals surface area contributed by atoms with E-state index in [2.05, 4.69) is 0 Å². The zero-order valence-electron chi connectivity index (χ0n) is 8.69. The summed E-state index contributed by atoms with van der Waals surface area (Å²) in [6.07, 6.45) is 6.05. The molecular weight excluding hydrogens is 212 g/mol. The lowest BCUT2D eigenvalue weighted by Gasteiger charge is -2.25. The van der Waals surface area contributed by atoms with Crippen molar-refractivity contribution in [2.75, 3.05) is 6.61 Å². The number of carbonyl (C=O) groups excluding carboxylic acids is 2. The number of hydrogen-bond acceptors (Lipinski definition) is 4. The fraction of sp³-hybridized carbons (Fsp3) is 0.818. The molecule has 4 heteroatoms. The second-order valence-electron chi connectivity index (χ2n) is 4.25. The van der Waals surface area contributed by atoms with E-state index in [9.17, 15) is 9.59 Å². The third-order valence-electron chi connectivity index (χ3n) is 3.16. The molecule has 0 bridgehead atoms. The van der Waals surface area contributed by atoms with Crippen molar-refractivity contribution >= 4 is 24.0 Å². The molecule has 1 aliphatic heterocycles. The van der Waals surface area contributed by atoms with Crippen LogP contribution in [-0.2, 0) is 14.3 Å². The van der Waals surface area contributed by atoms with Gasteiger partial charge in [0.05, 0.1) is 6.61 Å². The Morgan fingerprint density at radius 3 is 2.47 bits per heavy atom. The van der Waals surface area contributed by atoms with Crippen molar-refractivity contribution in [2.45, 2.75) is 42.6 Å². The van der Waals surface area contributed by atoms with Gasteiger partial charge in [0, 0.05) is 17.6 Å². The fourth-order valence-electron chi connectivity index (χ4n) is 2.19. The van der Waals surface area contributed by atoms with Crippen molar-refractivity contribution in [3.8, 4) is 0 Å². The lowest BCUT2D eigenvalue weighted by atomic mass is 9.90. The molecule has 15 heavy (non-hydrogen) atoms. The van der Waals surface area contributed by atoms with Gasteiger partial charge in [0.25, 0.3) is 0 Å². The lowest BCUT2D eigenvalue weighted by Crippen LogP contribution is -2.21. The Hall–Kier alpha value is -0.510. The average Bonchev–Trinajstić information content (AvgIpc) is 2.66. The Morgan fingerprint density at radius 1 is 1.20 bits per heavy atom. The maximum Gasteiger partial charge on any atom is 0.319 e. The SMILES string of the molecule is O=CC1CCC(SC2CCOC2=O)CC1. The van der Waals surface area contributed by atoms with Gasteiger partial charge < -0.3 is 9.53 Å². The zero-order valence-corrected chi connectivity index (χ0v) is 9.50. The van der Waals surface area contributed by atoms with Crippen LogP contribution in [0.1, 0.15) is 32.1 Å². The summed E-state index contributed by atoms with van der Waals surface area (Å²) in [5.41, 5.74) is 0. The molecule has 3 nitrogen and oxygen atoms in total. The first kappa shape index (κ1) is 11.0. The van der Waals surface area contributed by atoms with Gasteiger partial charge in [-0.15, -0.1) is 11.8 Å². The van der Waals surface area contributed by atoms with E-state index in [1.165, 1.54) is 0 Å². The number of thioether (sulfide) groups is 1. The summed E-state index contributed by atoms with van der Waals surface area (Å²) in [6, 6.07) is 0. The summed E-state index contributed by atoms with van der Waals surface area (Å²) >= 11 is 1.76. The van der Waals surface area contributed by atoms with Crippen LogP contribution in [-0.4, -0.2) is 29.4 Å². The molecule has 0 amide bonds. The second-order valence-corrected chi connectivity index (χ2v) is 5.76. The van der Waals surface area contributed by atoms with E-state index in [0.717, 1.165) is 38.4 Å². The largest absolute Gasteiger partial charge is 0.465 e. The molecule has 0 spiro atoms. The maximum absolute atomic E-state index is 11.3. The highest BCUT2D eigenvalue weighted by atomic mass is 32.2. The van der Waals surface area contributed by atoms with Crippen molar-refractivity contribution in [1.82, 2.24) is 0 Å². The number of ether oxygens (including phenoxy) is 1. The van der Waals surface area contributed by atoms with Gasteiger partial charge in [-0.05, 0) is 25.7 Å². The average molecular weight is 228 g/mol. The van der Waals surface area contributed by atoms with Crippen LogP contribution >= 0.6 is 11.8 Å². The van der Waals surface area contributed by atoms with Crippen LogP contribution in [0.3, 0.4) is 0 Å². The van der Waals surface area contributed by atoms with E-state index in [-0.39, 0.29) is 17.1 Å². The molecule has 0 aromatic carbocycles. The monoisotopic (exact) mass is 228 g/mol. The van der Waals surface area contributed by atoms with Gasteiger partial charge in [-0.2, -0.15) is 0 Å². The molecule has 1 atom stereocenters. The predicted octanol–water partition coefficient (Wildman–Crippen LogP) is 1.79. The highest BCUT2D eigenvalue weighted by molar-refractivity contribution is 8.01. The maximum atomic E-state index is 11.3. The summed E-state index contributed by atoms with van der Waals surface area (Å²) in [5, 5.41) is 0.611. The third-order valence-corrected chi connectivity index (χ3v) is 4.77. The Bertz CT molecular complexity index is 246. The van der Waals surface area contributed by atoms with Crippen molar-refractivity contribution in [1.29, 1.82) is 0 Å². The summed E-state index contributed by atoms with van der Waals surface area (Å²) in [7, 11) is 0. The number of esters is 1. The number of hydrogen-bond donors (Lipinski definition) is 0. The molecule has 1 aliphatic carbocycles. The fourth-order valence-corrected chi connectivity index (χ4v) is 3.61. The van der Waals surface area contributed by atoms with Gasteiger partial charge in [0.15, 0.2) is 0 Å². The van der Waals surface area contributed by atoms with Crippen LogP contribution in [0.2, 0.25) is 0 Å². The summed E-state index contributed by atoms with van der Waals surface area (Å²) in [6.45, 7) is 0.584. The number of aldehydes is 1. The van der Waals surface area contributed by atoms with Crippen molar-refractivity contribution in [2.24, 2.45) is 5.92 Å². The minimum Gasteiger partial charge on any atom is -0.465 e. The first-order valence-corrected chi connectivity index (χ1v) is 6.51. The minimum absolute atomic E-state index is 0.0440. The van der Waals surface area contributed by atoms with Crippen LogP contribution in [0.4, 0.5) is 0 Å². The Balaban J connectivity index is 1.76. The molecule has 1 heterocycles. The number of cyclic esters (lactones) is 1. The van der Waals surface area contributed by atoms with E-state index in [0.29, 0.717) is 11.9 Å². The zero-order chi connectivity index (χ0) is 10.7. The molecule has 1 unspecified atom stereocenters. The molecule has 84 valence electrons. The normalized spacial score (nSPS) is 36.3. The van der Waals surface area contributed by atoms with Gasteiger partial charge >= 0.3 is 5.97 Å². The number of carbonyl (C=O) groups is 2. The van der Waals surface area contributed by atoms with E-state index >= 15 is 0 Å². The van der Waals surface area contributed by atoms with Crippen molar-refractivity contribution in [3.05, 3.63) is 0 Å². The molecule has 0 aromatic rings. The van der Waals surface area contributed by atoms with Crippen LogP contribution in [0.5, 0.6) is 0 Å². The van der Waals surface area contributed by atoms with Crippen LogP contribution in [0, 0.1) is 5.92 Å². The second kappa shape index (κ2) is 5.01. The first-order valence-electron chi connectivity index (χ1n) is 5.57. The van der Waals surface area contributed by atoms with Gasteiger partial charge in [0.1, 0.15) is 11.5 Å². The summed E-state index contributed by atoms with van der Waals surface area (Å²) in [4.78, 5) is 21.9. The minimum atomic E-state index is -0.0440. The van der Waals surface area contributed by atoms with E-state index in [1.807, 2.05) is 0 Å². The van der Waals surface area contributed by atoms with Crippen molar-refractivity contribution in [3.63, 3.8) is 0 Å². The standard InChI is InChI=1S/C11H16O3S/c12-7-8-1-3-9(4-2-8)15-10-5-6-14-11(10)13/h7-10H,1-6H2. The highest BCUT2D eigenvalue weighted by Crippen LogP contribution is 2.35. The first-order chi connectivity index (χ1) is 7.29. The molecular formula is C11H16O3S. The Labute approximate surface area is 93.9 Å². The molecule has 1 saturated carbocycles. The Kier molecular flexibility index (Phi) is 3.67. The van der Waals surface area contributed by atoms with Gasteiger partial charge in [-0.25, -0.2) is 0 Å². The molecule has 2 fully saturated rings. The molecule has 0 N–H and O–H groups in total. The van der Waals surface area contributed by atoms with Gasteiger partial charge in [0.2, 0.25) is 0 Å².